The van der Waals surface area contributed by atoms with Crippen LogP contribution in [-0.2, 0) is 0 Å². The monoisotopic (exact) mass is 260 g/mol. The summed E-state index contributed by atoms with van der Waals surface area (Å²) in [7, 11) is 3.14. The Morgan fingerprint density at radius 3 is 2.32 bits per heavy atom. The fourth-order valence-electron chi connectivity index (χ4n) is 1.83. The Kier molecular flexibility index (Phi) is 3.50. The maximum Gasteiger partial charge on any atom is 0.321 e. The Morgan fingerprint density at radius 2 is 1.68 bits per heavy atom. The fourth-order valence-corrected chi connectivity index (χ4v) is 1.83. The number of nitrogens with zero attached hydrogens (tertiary/aromatic N) is 3. The van der Waals surface area contributed by atoms with Crippen LogP contribution in [-0.4, -0.2) is 29.2 Å². The molecule has 0 fully saturated rings. The van der Waals surface area contributed by atoms with E-state index < -0.39 is 0 Å². The molecule has 0 aliphatic carbocycles. The van der Waals surface area contributed by atoms with E-state index in [4.69, 9.17) is 15.2 Å². The zero-order chi connectivity index (χ0) is 14.0. The minimum absolute atomic E-state index is 0.134. The molecule has 0 aliphatic rings. The van der Waals surface area contributed by atoms with E-state index in [1.54, 1.807) is 7.11 Å². The summed E-state index contributed by atoms with van der Waals surface area (Å²) in [6.45, 7) is 3.92. The van der Waals surface area contributed by atoms with Gasteiger partial charge in [-0.2, -0.15) is 15.0 Å². The Labute approximate surface area is 111 Å². The van der Waals surface area contributed by atoms with Crippen molar-refractivity contribution < 1.29 is 9.47 Å². The van der Waals surface area contributed by atoms with Gasteiger partial charge in [-0.05, 0) is 37.1 Å². The zero-order valence-electron chi connectivity index (χ0n) is 11.4. The van der Waals surface area contributed by atoms with E-state index >= 15 is 0 Å². The van der Waals surface area contributed by atoms with Gasteiger partial charge in [-0.25, -0.2) is 0 Å². The van der Waals surface area contributed by atoms with Crippen LogP contribution in [0.25, 0.3) is 11.4 Å². The lowest BCUT2D eigenvalue weighted by molar-refractivity contribution is 0.379. The predicted octanol–water partition coefficient (Wildman–Crippen LogP) is 1.75. The molecule has 1 aromatic carbocycles. The number of aromatic nitrogens is 3. The first-order valence-electron chi connectivity index (χ1n) is 5.76. The summed E-state index contributed by atoms with van der Waals surface area (Å²) in [5.74, 6) is 1.46. The number of ether oxygens (including phenoxy) is 2. The van der Waals surface area contributed by atoms with Crippen molar-refractivity contribution in [1.29, 1.82) is 0 Å². The molecule has 0 aliphatic heterocycles. The van der Waals surface area contributed by atoms with E-state index in [2.05, 4.69) is 15.0 Å². The van der Waals surface area contributed by atoms with Gasteiger partial charge in [0.15, 0.2) is 5.82 Å². The van der Waals surface area contributed by atoms with Gasteiger partial charge in [0.1, 0.15) is 5.75 Å². The van der Waals surface area contributed by atoms with Crippen LogP contribution in [0.2, 0.25) is 0 Å². The van der Waals surface area contributed by atoms with Gasteiger partial charge in [0.2, 0.25) is 5.95 Å². The van der Waals surface area contributed by atoms with Crippen molar-refractivity contribution in [3.63, 3.8) is 0 Å². The summed E-state index contributed by atoms with van der Waals surface area (Å²) >= 11 is 0. The van der Waals surface area contributed by atoms with E-state index in [1.165, 1.54) is 7.11 Å². The molecule has 2 N–H and O–H groups in total. The number of nitrogens with two attached hydrogens (primary N) is 1. The molecule has 0 atom stereocenters. The second-order valence-corrected chi connectivity index (χ2v) is 4.14. The Hall–Kier alpha value is -2.37. The lowest BCUT2D eigenvalue weighted by atomic mass is 10.0. The maximum absolute atomic E-state index is 5.65. The van der Waals surface area contributed by atoms with Gasteiger partial charge in [0.25, 0.3) is 0 Å². The predicted molar refractivity (Wildman–Crippen MR) is 72.3 cm³/mol. The number of methoxy groups -OCH3 is 2. The third kappa shape index (κ3) is 2.57. The Bertz CT molecular complexity index is 614. The third-order valence-electron chi connectivity index (χ3n) is 2.80. The van der Waals surface area contributed by atoms with Gasteiger partial charge in [-0.1, -0.05) is 0 Å². The third-order valence-corrected chi connectivity index (χ3v) is 2.80. The minimum Gasteiger partial charge on any atom is -0.496 e. The molecule has 1 heterocycles. The lowest BCUT2D eigenvalue weighted by Crippen LogP contribution is -2.03. The van der Waals surface area contributed by atoms with Gasteiger partial charge in [-0.3, -0.25) is 0 Å². The van der Waals surface area contributed by atoms with Crippen LogP contribution >= 0.6 is 0 Å². The van der Waals surface area contributed by atoms with Gasteiger partial charge >= 0.3 is 6.01 Å². The van der Waals surface area contributed by atoms with Crippen molar-refractivity contribution in [2.75, 3.05) is 20.0 Å². The van der Waals surface area contributed by atoms with E-state index in [1.807, 2.05) is 26.0 Å². The molecule has 6 heteroatoms. The van der Waals surface area contributed by atoms with Crippen molar-refractivity contribution in [2.24, 2.45) is 0 Å². The van der Waals surface area contributed by atoms with Crippen molar-refractivity contribution in [3.05, 3.63) is 23.3 Å². The molecular weight excluding hydrogens is 244 g/mol. The normalized spacial score (nSPS) is 10.3. The molecule has 19 heavy (non-hydrogen) atoms. The maximum atomic E-state index is 5.65. The van der Waals surface area contributed by atoms with Crippen LogP contribution in [0.3, 0.4) is 0 Å². The zero-order valence-corrected chi connectivity index (χ0v) is 11.4. The minimum atomic E-state index is 0.134. The average Bonchev–Trinajstić information content (AvgIpc) is 2.40. The first kappa shape index (κ1) is 13.1. The van der Waals surface area contributed by atoms with Crippen molar-refractivity contribution in [2.45, 2.75) is 13.8 Å². The summed E-state index contributed by atoms with van der Waals surface area (Å²) in [6, 6.07) is 4.11. The second kappa shape index (κ2) is 5.09. The summed E-state index contributed by atoms with van der Waals surface area (Å²) in [5, 5.41) is 0. The summed E-state index contributed by atoms with van der Waals surface area (Å²) in [5.41, 5.74) is 8.53. The lowest BCUT2D eigenvalue weighted by Gasteiger charge is -2.11. The molecule has 2 rings (SSSR count). The van der Waals surface area contributed by atoms with E-state index in [0.717, 1.165) is 22.4 Å². The van der Waals surface area contributed by atoms with Crippen molar-refractivity contribution in [1.82, 2.24) is 15.0 Å². The molecule has 1 aromatic heterocycles. The van der Waals surface area contributed by atoms with Crippen molar-refractivity contribution >= 4 is 5.95 Å². The quantitative estimate of drug-likeness (QED) is 0.905. The molecule has 0 amide bonds. The Morgan fingerprint density at radius 1 is 0.947 bits per heavy atom. The average molecular weight is 260 g/mol. The molecule has 2 aromatic rings. The van der Waals surface area contributed by atoms with Crippen LogP contribution in [0, 0.1) is 13.8 Å². The molecular formula is C13H16N4O2. The molecule has 6 nitrogen and oxygen atoms in total. The smallest absolute Gasteiger partial charge is 0.321 e. The SMILES string of the molecule is COc1nc(N)nc(-c2cc(C)c(OC)cc2C)n1. The van der Waals surface area contributed by atoms with E-state index in [9.17, 15) is 0 Å². The first-order chi connectivity index (χ1) is 9.05. The van der Waals surface area contributed by atoms with Gasteiger partial charge in [-0.15, -0.1) is 0 Å². The van der Waals surface area contributed by atoms with Crippen LogP contribution in [0.1, 0.15) is 11.1 Å². The fraction of sp³-hybridized carbons (Fsp3) is 0.308. The standard InChI is InChI=1S/C13H16N4O2/c1-7-6-10(18-3)8(2)5-9(7)11-15-12(14)17-13(16-11)19-4/h5-6H,1-4H3,(H2,14,15,16,17). The largest absolute Gasteiger partial charge is 0.496 e. The highest BCUT2D eigenvalue weighted by molar-refractivity contribution is 5.64. The van der Waals surface area contributed by atoms with Gasteiger partial charge < -0.3 is 15.2 Å². The van der Waals surface area contributed by atoms with Crippen LogP contribution in [0.15, 0.2) is 12.1 Å². The highest BCUT2D eigenvalue weighted by Crippen LogP contribution is 2.28. The van der Waals surface area contributed by atoms with Gasteiger partial charge in [0.05, 0.1) is 14.2 Å². The summed E-state index contributed by atoms with van der Waals surface area (Å²) in [6.07, 6.45) is 0. The molecule has 0 spiro atoms. The molecule has 0 bridgehead atoms. The number of hydrogen-bond acceptors (Lipinski definition) is 6. The molecule has 0 radical (unpaired) electrons. The van der Waals surface area contributed by atoms with Crippen LogP contribution < -0.4 is 15.2 Å². The number of hydrogen-bond donors (Lipinski definition) is 1. The highest BCUT2D eigenvalue weighted by Gasteiger charge is 2.12. The number of anilines is 1. The Balaban J connectivity index is 2.58. The number of benzene rings is 1. The first-order valence-corrected chi connectivity index (χ1v) is 5.76. The highest BCUT2D eigenvalue weighted by atomic mass is 16.5. The van der Waals surface area contributed by atoms with Crippen LogP contribution in [0.4, 0.5) is 5.95 Å². The van der Waals surface area contributed by atoms with E-state index in [-0.39, 0.29) is 12.0 Å². The summed E-state index contributed by atoms with van der Waals surface area (Å²) < 4.78 is 10.3. The molecule has 0 saturated heterocycles. The molecule has 0 unspecified atom stereocenters. The van der Waals surface area contributed by atoms with Crippen LogP contribution in [0.5, 0.6) is 11.8 Å². The molecule has 100 valence electrons. The van der Waals surface area contributed by atoms with Crippen molar-refractivity contribution in [3.8, 4) is 23.1 Å². The van der Waals surface area contributed by atoms with Gasteiger partial charge in [0, 0.05) is 5.56 Å². The topological polar surface area (TPSA) is 83.2 Å². The van der Waals surface area contributed by atoms with E-state index in [0.29, 0.717) is 5.82 Å². The number of aryl methyl sites for hydroxylation is 2. The molecule has 0 saturated carbocycles. The summed E-state index contributed by atoms with van der Waals surface area (Å²) in [4.78, 5) is 12.2. The number of nitrogen functional groups attached to an aromatic ring is 1. The number of rotatable bonds is 3. The second-order valence-electron chi connectivity index (χ2n) is 4.14.